The molecule has 2 amide bonds. The molecular formula is C34H51N3O5. The van der Waals surface area contributed by atoms with E-state index in [0.717, 1.165) is 50.0 Å². The maximum atomic E-state index is 12.8. The largest absolute Gasteiger partial charge is 0.494 e. The Morgan fingerprint density at radius 2 is 1.14 bits per heavy atom. The average molecular weight is 582 g/mol. The first-order chi connectivity index (χ1) is 20.2. The lowest BCUT2D eigenvalue weighted by atomic mass is 10.1. The molecule has 42 heavy (non-hydrogen) atoms. The summed E-state index contributed by atoms with van der Waals surface area (Å²) in [6.07, 6.45) is 8.86. The first-order valence-electron chi connectivity index (χ1n) is 15.5. The van der Waals surface area contributed by atoms with Crippen molar-refractivity contribution in [2.45, 2.75) is 104 Å². The zero-order chi connectivity index (χ0) is 30.7. The normalized spacial score (nSPS) is 11.5. The molecular weight excluding hydrogens is 530 g/mol. The second-order valence-electron chi connectivity index (χ2n) is 11.1. The molecule has 0 aromatic heterocycles. The number of carbonyl (C=O) groups excluding carboxylic acids is 2. The number of nitrogens with zero attached hydrogens (tertiary/aromatic N) is 2. The number of unbranched alkanes of at least 4 members (excludes halogenated alkanes) is 7. The summed E-state index contributed by atoms with van der Waals surface area (Å²) in [6, 6.07) is 14.9. The predicted molar refractivity (Wildman–Crippen MR) is 170 cm³/mol. The molecule has 8 nitrogen and oxygen atoms in total. The summed E-state index contributed by atoms with van der Waals surface area (Å²) in [5.74, 6) is 1.66. The second-order valence-corrected chi connectivity index (χ2v) is 11.1. The van der Waals surface area contributed by atoms with Crippen LogP contribution >= 0.6 is 0 Å². The number of carbonyl (C=O) groups is 2. The van der Waals surface area contributed by atoms with Gasteiger partial charge in [0.05, 0.1) is 19.8 Å². The molecule has 0 aliphatic carbocycles. The molecule has 2 N–H and O–H groups in total. The maximum absolute atomic E-state index is 12.8. The molecule has 0 heterocycles. The molecule has 0 saturated carbocycles. The minimum atomic E-state index is -0.655. The molecule has 8 heteroatoms. The van der Waals surface area contributed by atoms with Gasteiger partial charge in [-0.2, -0.15) is 4.99 Å². The third kappa shape index (κ3) is 13.0. The van der Waals surface area contributed by atoms with Gasteiger partial charge in [-0.05, 0) is 102 Å². The fourth-order valence-corrected chi connectivity index (χ4v) is 4.63. The summed E-state index contributed by atoms with van der Waals surface area (Å²) in [7, 11) is 0. The van der Waals surface area contributed by atoms with E-state index in [9.17, 15) is 9.59 Å². The molecule has 2 aromatic carbocycles. The molecule has 232 valence electrons. The van der Waals surface area contributed by atoms with Crippen molar-refractivity contribution in [3.8, 4) is 11.5 Å². The van der Waals surface area contributed by atoms with E-state index >= 15 is 0 Å². The van der Waals surface area contributed by atoms with Gasteiger partial charge in [-0.1, -0.05) is 39.0 Å². The number of amides is 2. The Morgan fingerprint density at radius 3 is 1.67 bits per heavy atom. The van der Waals surface area contributed by atoms with Gasteiger partial charge in [0.25, 0.3) is 5.91 Å². The molecule has 0 saturated heterocycles. The molecule has 0 radical (unpaired) electrons. The summed E-state index contributed by atoms with van der Waals surface area (Å²) in [5, 5.41) is 0. The minimum absolute atomic E-state index is 0.0385. The first kappa shape index (κ1) is 34.7. The van der Waals surface area contributed by atoms with Crippen molar-refractivity contribution in [1.29, 1.82) is 0 Å². The Morgan fingerprint density at radius 1 is 0.690 bits per heavy atom. The lowest BCUT2D eigenvalue weighted by Crippen LogP contribution is -2.42. The summed E-state index contributed by atoms with van der Waals surface area (Å²) in [6.45, 7) is 11.9. The molecule has 0 spiro atoms. The van der Waals surface area contributed by atoms with Crippen LogP contribution in [0.1, 0.15) is 108 Å². The summed E-state index contributed by atoms with van der Waals surface area (Å²) in [5.41, 5.74) is 7.29. The number of ether oxygens (including phenoxy) is 3. The molecule has 0 atom stereocenters. The third-order valence-corrected chi connectivity index (χ3v) is 6.86. The Labute approximate surface area is 252 Å². The molecule has 0 aliphatic heterocycles. The van der Waals surface area contributed by atoms with Crippen molar-refractivity contribution in [1.82, 2.24) is 4.90 Å². The minimum Gasteiger partial charge on any atom is -0.494 e. The van der Waals surface area contributed by atoms with Crippen LogP contribution in [0.3, 0.4) is 0 Å². The van der Waals surface area contributed by atoms with E-state index < -0.39 is 6.09 Å². The van der Waals surface area contributed by atoms with Crippen LogP contribution in [0.25, 0.3) is 0 Å². The fourth-order valence-electron chi connectivity index (χ4n) is 4.63. The molecule has 0 bridgehead atoms. The van der Waals surface area contributed by atoms with Crippen molar-refractivity contribution in [2.24, 2.45) is 10.7 Å². The van der Waals surface area contributed by atoms with Gasteiger partial charge in [0.2, 0.25) is 0 Å². The van der Waals surface area contributed by atoms with Gasteiger partial charge in [0.15, 0.2) is 0 Å². The van der Waals surface area contributed by atoms with Crippen LogP contribution in [0, 0.1) is 0 Å². The van der Waals surface area contributed by atoms with E-state index in [1.54, 1.807) is 12.1 Å². The van der Waals surface area contributed by atoms with Crippen molar-refractivity contribution >= 4 is 17.8 Å². The highest BCUT2D eigenvalue weighted by Gasteiger charge is 2.21. The zero-order valence-electron chi connectivity index (χ0n) is 26.3. The van der Waals surface area contributed by atoms with Gasteiger partial charge in [-0.15, -0.1) is 0 Å². The van der Waals surface area contributed by atoms with Crippen LogP contribution in [-0.2, 0) is 4.74 Å². The highest BCUT2D eigenvalue weighted by Crippen LogP contribution is 2.18. The van der Waals surface area contributed by atoms with E-state index in [0.29, 0.717) is 30.9 Å². The van der Waals surface area contributed by atoms with Gasteiger partial charge in [0.1, 0.15) is 17.3 Å². The third-order valence-electron chi connectivity index (χ3n) is 6.86. The van der Waals surface area contributed by atoms with E-state index in [2.05, 4.69) is 11.9 Å². The second kappa shape index (κ2) is 19.5. The Hall–Kier alpha value is -3.55. The van der Waals surface area contributed by atoms with E-state index in [-0.39, 0.29) is 23.8 Å². The average Bonchev–Trinajstić information content (AvgIpc) is 2.96. The molecule has 2 aromatic rings. The quantitative estimate of drug-likeness (QED) is 0.103. The topological polar surface area (TPSA) is 103 Å². The van der Waals surface area contributed by atoms with Crippen LogP contribution in [0.4, 0.5) is 4.79 Å². The molecule has 2 rings (SSSR count). The highest BCUT2D eigenvalue weighted by molar-refractivity contribution is 6.02. The number of aliphatic imine (C=N–C) groups is 1. The monoisotopic (exact) mass is 581 g/mol. The van der Waals surface area contributed by atoms with Gasteiger partial charge >= 0.3 is 6.09 Å². The number of benzene rings is 2. The number of nitrogens with two attached hydrogens (primary N) is 1. The SMILES string of the molecule is CCCCCCCCOC(=O)/N=C(\N)c1ccc(OCCCCCOc2ccc(C(=O)N(C(C)C)C(C)C)cc2)cc1. The zero-order valence-corrected chi connectivity index (χ0v) is 26.3. The lowest BCUT2D eigenvalue weighted by molar-refractivity contribution is 0.0643. The van der Waals surface area contributed by atoms with Crippen molar-refractivity contribution in [3.05, 3.63) is 59.7 Å². The van der Waals surface area contributed by atoms with Crippen LogP contribution < -0.4 is 15.2 Å². The Balaban J connectivity index is 1.61. The smallest absolute Gasteiger partial charge is 0.435 e. The van der Waals surface area contributed by atoms with Crippen molar-refractivity contribution in [3.63, 3.8) is 0 Å². The number of amidine groups is 1. The van der Waals surface area contributed by atoms with Gasteiger partial charge < -0.3 is 24.8 Å². The van der Waals surface area contributed by atoms with Gasteiger partial charge in [-0.25, -0.2) is 4.79 Å². The van der Waals surface area contributed by atoms with E-state index in [1.807, 2.05) is 69.0 Å². The summed E-state index contributed by atoms with van der Waals surface area (Å²) >= 11 is 0. The Kier molecular flexibility index (Phi) is 16.1. The van der Waals surface area contributed by atoms with Crippen molar-refractivity contribution < 1.29 is 23.8 Å². The fraction of sp³-hybridized carbons (Fsp3) is 0.559. The number of rotatable bonds is 19. The van der Waals surface area contributed by atoms with Gasteiger partial charge in [-0.3, -0.25) is 4.79 Å². The standard InChI is InChI=1S/C34H51N3O5/c1-6-7-8-9-10-12-25-42-34(39)36-32(35)28-15-19-30(20-16-28)40-23-13-11-14-24-41-31-21-17-29(18-22-31)33(38)37(26(2)3)27(4)5/h15-22,26-27H,6-14,23-25H2,1-5H3,(H2,35,36,39). The molecule has 0 fully saturated rings. The molecule has 0 aliphatic rings. The predicted octanol–water partition coefficient (Wildman–Crippen LogP) is 7.78. The van der Waals surface area contributed by atoms with Crippen LogP contribution in [0.5, 0.6) is 11.5 Å². The number of hydrogen-bond donors (Lipinski definition) is 1. The lowest BCUT2D eigenvalue weighted by Gasteiger charge is -2.30. The molecule has 0 unspecified atom stereocenters. The summed E-state index contributed by atoms with van der Waals surface area (Å²) in [4.78, 5) is 30.5. The first-order valence-corrected chi connectivity index (χ1v) is 15.5. The van der Waals surface area contributed by atoms with Crippen molar-refractivity contribution in [2.75, 3.05) is 19.8 Å². The van der Waals surface area contributed by atoms with E-state index in [1.165, 1.54) is 19.3 Å². The van der Waals surface area contributed by atoms with Crippen LogP contribution in [0.15, 0.2) is 53.5 Å². The van der Waals surface area contributed by atoms with Gasteiger partial charge in [0, 0.05) is 23.2 Å². The van der Waals surface area contributed by atoms with Crippen LogP contribution in [-0.4, -0.2) is 54.6 Å². The number of hydrogen-bond acceptors (Lipinski definition) is 5. The Bertz CT molecular complexity index is 1070. The maximum Gasteiger partial charge on any atom is 0.435 e. The summed E-state index contributed by atoms with van der Waals surface area (Å²) < 4.78 is 16.8. The van der Waals surface area contributed by atoms with E-state index in [4.69, 9.17) is 19.9 Å². The highest BCUT2D eigenvalue weighted by atomic mass is 16.5. The van der Waals surface area contributed by atoms with Crippen LogP contribution in [0.2, 0.25) is 0 Å².